The number of phenols is 1. The largest absolute Gasteiger partial charge is 0.504 e. The Hall–Kier alpha value is -0.930. The Morgan fingerprint density at radius 1 is 1.47 bits per heavy atom. The van der Waals surface area contributed by atoms with E-state index in [1.54, 1.807) is 6.07 Å². The highest BCUT2D eigenvalue weighted by Gasteiger charge is 2.15. The second-order valence-electron chi connectivity index (χ2n) is 3.21. The Kier molecular flexibility index (Phi) is 4.24. The molecule has 0 bridgehead atoms. The van der Waals surface area contributed by atoms with Crippen LogP contribution in [0.15, 0.2) is 6.07 Å². The van der Waals surface area contributed by atoms with E-state index in [4.69, 9.17) is 21.4 Å². The fourth-order valence-corrected chi connectivity index (χ4v) is 1.86. The molecule has 0 atom stereocenters. The maximum Gasteiger partial charge on any atom is 0.162 e. The standard InChI is InChI=1S/C11H15ClO3/c1-3-7-6-9(15-2)11(14)8(4-5-13)10(7)12/h6,13-14H,3-5H2,1-2H3. The number of aryl methyl sites for hydroxylation is 1. The summed E-state index contributed by atoms with van der Waals surface area (Å²) >= 11 is 6.10. The van der Waals surface area contributed by atoms with Gasteiger partial charge in [-0.15, -0.1) is 0 Å². The zero-order chi connectivity index (χ0) is 11.4. The molecule has 0 aliphatic heterocycles. The van der Waals surface area contributed by atoms with E-state index >= 15 is 0 Å². The fourth-order valence-electron chi connectivity index (χ4n) is 1.49. The van der Waals surface area contributed by atoms with E-state index < -0.39 is 0 Å². The summed E-state index contributed by atoms with van der Waals surface area (Å²) < 4.78 is 5.04. The maximum atomic E-state index is 9.80. The Labute approximate surface area is 94.3 Å². The van der Waals surface area contributed by atoms with Gasteiger partial charge in [0.05, 0.1) is 12.1 Å². The van der Waals surface area contributed by atoms with Crippen LogP contribution in [0.4, 0.5) is 0 Å². The minimum absolute atomic E-state index is 0.0220. The van der Waals surface area contributed by atoms with E-state index in [1.807, 2.05) is 6.92 Å². The molecular weight excluding hydrogens is 216 g/mol. The predicted molar refractivity (Wildman–Crippen MR) is 59.8 cm³/mol. The quantitative estimate of drug-likeness (QED) is 0.834. The summed E-state index contributed by atoms with van der Waals surface area (Å²) in [4.78, 5) is 0. The van der Waals surface area contributed by atoms with Crippen LogP contribution in [-0.4, -0.2) is 23.9 Å². The molecule has 0 fully saturated rings. The number of halogens is 1. The van der Waals surface area contributed by atoms with Crippen molar-refractivity contribution in [1.82, 2.24) is 0 Å². The summed E-state index contributed by atoms with van der Waals surface area (Å²) in [6.45, 7) is 1.92. The molecule has 2 N–H and O–H groups in total. The van der Waals surface area contributed by atoms with Crippen LogP contribution in [-0.2, 0) is 12.8 Å². The summed E-state index contributed by atoms with van der Waals surface area (Å²) in [6, 6.07) is 1.72. The first-order valence-corrected chi connectivity index (χ1v) is 5.21. The molecule has 3 nitrogen and oxygen atoms in total. The Morgan fingerprint density at radius 2 is 2.13 bits per heavy atom. The van der Waals surface area contributed by atoms with Crippen LogP contribution in [0.5, 0.6) is 11.5 Å². The SMILES string of the molecule is CCc1cc(OC)c(O)c(CCO)c1Cl. The van der Waals surface area contributed by atoms with Crippen LogP contribution in [0.2, 0.25) is 5.02 Å². The summed E-state index contributed by atoms with van der Waals surface area (Å²) in [5.41, 5.74) is 1.46. The van der Waals surface area contributed by atoms with Crippen molar-refractivity contribution in [3.8, 4) is 11.5 Å². The number of ether oxygens (including phenoxy) is 1. The minimum atomic E-state index is -0.0520. The van der Waals surface area contributed by atoms with Gasteiger partial charge in [0.1, 0.15) is 0 Å². The molecule has 1 aromatic carbocycles. The molecule has 0 heterocycles. The maximum absolute atomic E-state index is 9.80. The van der Waals surface area contributed by atoms with Crippen LogP contribution in [0, 0.1) is 0 Å². The first kappa shape index (κ1) is 12.1. The normalized spacial score (nSPS) is 10.4. The molecule has 0 aliphatic carbocycles. The number of aliphatic hydroxyl groups is 1. The molecule has 0 spiro atoms. The number of aliphatic hydroxyl groups excluding tert-OH is 1. The zero-order valence-corrected chi connectivity index (χ0v) is 9.64. The first-order chi connectivity index (χ1) is 7.15. The van der Waals surface area contributed by atoms with Gasteiger partial charge in [-0.25, -0.2) is 0 Å². The number of phenolic OH excluding ortho intramolecular Hbond substituents is 1. The lowest BCUT2D eigenvalue weighted by atomic mass is 10.0. The van der Waals surface area contributed by atoms with Crippen LogP contribution in [0.1, 0.15) is 18.1 Å². The van der Waals surface area contributed by atoms with E-state index in [0.29, 0.717) is 22.8 Å². The second kappa shape index (κ2) is 5.24. The topological polar surface area (TPSA) is 49.7 Å². The van der Waals surface area contributed by atoms with Crippen LogP contribution in [0.3, 0.4) is 0 Å². The van der Waals surface area contributed by atoms with E-state index in [0.717, 1.165) is 12.0 Å². The Bertz CT molecular complexity index is 322. The monoisotopic (exact) mass is 230 g/mol. The Morgan fingerprint density at radius 3 is 2.60 bits per heavy atom. The smallest absolute Gasteiger partial charge is 0.162 e. The third-order valence-corrected chi connectivity index (χ3v) is 2.80. The highest BCUT2D eigenvalue weighted by Crippen LogP contribution is 2.38. The average Bonchev–Trinajstić information content (AvgIpc) is 2.25. The molecule has 0 amide bonds. The highest BCUT2D eigenvalue weighted by molar-refractivity contribution is 6.32. The molecule has 0 aliphatic rings. The van der Waals surface area contributed by atoms with E-state index in [1.165, 1.54) is 7.11 Å². The molecular formula is C11H15ClO3. The van der Waals surface area contributed by atoms with Crippen molar-refractivity contribution < 1.29 is 14.9 Å². The summed E-state index contributed by atoms with van der Waals surface area (Å²) in [5.74, 6) is 0.424. The van der Waals surface area contributed by atoms with E-state index in [-0.39, 0.29) is 12.4 Å². The third-order valence-electron chi connectivity index (χ3n) is 2.33. The minimum Gasteiger partial charge on any atom is -0.504 e. The molecule has 0 saturated heterocycles. The fraction of sp³-hybridized carbons (Fsp3) is 0.455. The molecule has 0 aromatic heterocycles. The molecule has 0 saturated carbocycles. The van der Waals surface area contributed by atoms with Crippen LogP contribution < -0.4 is 4.74 Å². The van der Waals surface area contributed by atoms with E-state index in [9.17, 15) is 5.11 Å². The molecule has 0 unspecified atom stereocenters. The number of methoxy groups -OCH3 is 1. The summed E-state index contributed by atoms with van der Waals surface area (Å²) in [6.07, 6.45) is 1.09. The van der Waals surface area contributed by atoms with Crippen molar-refractivity contribution in [2.75, 3.05) is 13.7 Å². The van der Waals surface area contributed by atoms with Crippen molar-refractivity contribution in [3.05, 3.63) is 22.2 Å². The van der Waals surface area contributed by atoms with Crippen molar-refractivity contribution in [2.45, 2.75) is 19.8 Å². The van der Waals surface area contributed by atoms with Gasteiger partial charge in [-0.05, 0) is 18.1 Å². The number of hydrogen-bond acceptors (Lipinski definition) is 3. The van der Waals surface area contributed by atoms with Gasteiger partial charge in [0.15, 0.2) is 11.5 Å². The van der Waals surface area contributed by atoms with E-state index in [2.05, 4.69) is 0 Å². The molecule has 1 rings (SSSR count). The van der Waals surface area contributed by atoms with Crippen molar-refractivity contribution >= 4 is 11.6 Å². The molecule has 1 aromatic rings. The van der Waals surface area contributed by atoms with Crippen LogP contribution in [0.25, 0.3) is 0 Å². The van der Waals surface area contributed by atoms with Crippen molar-refractivity contribution in [2.24, 2.45) is 0 Å². The molecule has 15 heavy (non-hydrogen) atoms. The summed E-state index contributed by atoms with van der Waals surface area (Å²) in [5, 5.41) is 19.2. The molecule has 84 valence electrons. The van der Waals surface area contributed by atoms with Crippen LogP contribution >= 0.6 is 11.6 Å². The number of benzene rings is 1. The third kappa shape index (κ3) is 2.36. The highest BCUT2D eigenvalue weighted by atomic mass is 35.5. The number of hydrogen-bond donors (Lipinski definition) is 2. The zero-order valence-electron chi connectivity index (χ0n) is 8.88. The van der Waals surface area contributed by atoms with Gasteiger partial charge in [0, 0.05) is 18.6 Å². The van der Waals surface area contributed by atoms with Gasteiger partial charge < -0.3 is 14.9 Å². The number of rotatable bonds is 4. The predicted octanol–water partition coefficient (Wildman–Crippen LogP) is 2.15. The van der Waals surface area contributed by atoms with Gasteiger partial charge in [0.2, 0.25) is 0 Å². The molecule has 4 heteroatoms. The van der Waals surface area contributed by atoms with Gasteiger partial charge >= 0.3 is 0 Å². The van der Waals surface area contributed by atoms with Gasteiger partial charge in [0.25, 0.3) is 0 Å². The average molecular weight is 231 g/mol. The lowest BCUT2D eigenvalue weighted by molar-refractivity contribution is 0.296. The second-order valence-corrected chi connectivity index (χ2v) is 3.58. The van der Waals surface area contributed by atoms with Crippen molar-refractivity contribution in [1.29, 1.82) is 0 Å². The van der Waals surface area contributed by atoms with Gasteiger partial charge in [-0.1, -0.05) is 18.5 Å². The van der Waals surface area contributed by atoms with Crippen molar-refractivity contribution in [3.63, 3.8) is 0 Å². The van der Waals surface area contributed by atoms with Gasteiger partial charge in [-0.2, -0.15) is 0 Å². The first-order valence-electron chi connectivity index (χ1n) is 4.83. The number of aromatic hydroxyl groups is 1. The van der Waals surface area contributed by atoms with Gasteiger partial charge in [-0.3, -0.25) is 0 Å². The Balaban J connectivity index is 3.32. The molecule has 0 radical (unpaired) electrons. The lowest BCUT2D eigenvalue weighted by Gasteiger charge is -2.13. The lowest BCUT2D eigenvalue weighted by Crippen LogP contribution is -1.98. The summed E-state index contributed by atoms with van der Waals surface area (Å²) in [7, 11) is 1.49.